The normalized spacial score (nSPS) is 18.9. The van der Waals surface area contributed by atoms with E-state index in [2.05, 4.69) is 27.4 Å². The quantitative estimate of drug-likeness (QED) is 0.103. The molecule has 0 radical (unpaired) electrons. The number of rotatable bonds is 19. The fraction of sp³-hybridized carbons (Fsp3) is 0.833. The van der Waals surface area contributed by atoms with Gasteiger partial charge in [-0.1, -0.05) is 98.0 Å². The van der Waals surface area contributed by atoms with Gasteiger partial charge in [-0.15, -0.1) is 0 Å². The van der Waals surface area contributed by atoms with Crippen molar-refractivity contribution >= 4 is 17.9 Å². The molecule has 1 aliphatic carbocycles. The molecule has 2 atom stereocenters. The number of unbranched alkanes of at least 4 members (excludes halogenated alkanes) is 7. The van der Waals surface area contributed by atoms with Crippen LogP contribution in [0, 0.1) is 17.8 Å². The summed E-state index contributed by atoms with van der Waals surface area (Å²) in [5, 5.41) is 17.2. The van der Waals surface area contributed by atoms with Gasteiger partial charge in [-0.3, -0.25) is 9.59 Å². The third-order valence-corrected chi connectivity index (χ3v) is 7.26. The smallest absolute Gasteiger partial charge is 0.330 e. The van der Waals surface area contributed by atoms with Crippen molar-refractivity contribution < 1.29 is 29.3 Å². The van der Waals surface area contributed by atoms with Crippen molar-refractivity contribution in [3.63, 3.8) is 0 Å². The van der Waals surface area contributed by atoms with Crippen LogP contribution in [0.25, 0.3) is 0 Å². The number of hydrogen-bond donors (Lipinski definition) is 2. The molecule has 0 aliphatic heterocycles. The molecular formula is C30H54O6. The van der Waals surface area contributed by atoms with E-state index < -0.39 is 11.9 Å². The summed E-state index contributed by atoms with van der Waals surface area (Å²) in [6.07, 6.45) is 20.8. The van der Waals surface area contributed by atoms with Crippen LogP contribution in [0.4, 0.5) is 0 Å². The van der Waals surface area contributed by atoms with Crippen LogP contribution in [0.15, 0.2) is 12.7 Å². The van der Waals surface area contributed by atoms with Crippen LogP contribution in [-0.4, -0.2) is 34.2 Å². The highest BCUT2D eigenvalue weighted by atomic mass is 16.5. The van der Waals surface area contributed by atoms with Crippen molar-refractivity contribution in [2.24, 2.45) is 17.8 Å². The van der Waals surface area contributed by atoms with Crippen LogP contribution in [0.3, 0.4) is 0 Å². The molecule has 0 aromatic rings. The van der Waals surface area contributed by atoms with Gasteiger partial charge in [0.25, 0.3) is 0 Å². The highest BCUT2D eigenvalue weighted by Crippen LogP contribution is 2.29. The van der Waals surface area contributed by atoms with E-state index in [-0.39, 0.29) is 23.9 Å². The zero-order chi connectivity index (χ0) is 27.2. The number of aliphatic carboxylic acids is 2. The molecular weight excluding hydrogens is 456 g/mol. The maximum absolute atomic E-state index is 11.7. The molecule has 1 saturated carbocycles. The summed E-state index contributed by atoms with van der Waals surface area (Å²) in [5.41, 5.74) is 0. The van der Waals surface area contributed by atoms with Crippen LogP contribution >= 0.6 is 0 Å². The Morgan fingerprint density at radius 2 is 1.22 bits per heavy atom. The Morgan fingerprint density at radius 1 is 0.750 bits per heavy atom. The average molecular weight is 511 g/mol. The predicted molar refractivity (Wildman–Crippen MR) is 146 cm³/mol. The van der Waals surface area contributed by atoms with Gasteiger partial charge >= 0.3 is 17.9 Å². The van der Waals surface area contributed by atoms with Crippen molar-refractivity contribution in [2.75, 3.05) is 0 Å². The largest absolute Gasteiger partial charge is 0.481 e. The molecule has 6 heteroatoms. The van der Waals surface area contributed by atoms with Gasteiger partial charge in [-0.25, -0.2) is 4.79 Å². The second-order valence-electron chi connectivity index (χ2n) is 10.4. The lowest BCUT2D eigenvalue weighted by molar-refractivity contribution is -0.148. The van der Waals surface area contributed by atoms with Gasteiger partial charge in [0.1, 0.15) is 6.10 Å². The van der Waals surface area contributed by atoms with Crippen molar-refractivity contribution in [3.05, 3.63) is 12.7 Å². The fourth-order valence-electron chi connectivity index (χ4n) is 5.02. The summed E-state index contributed by atoms with van der Waals surface area (Å²) >= 11 is 0. The lowest BCUT2D eigenvalue weighted by atomic mass is 9.82. The Morgan fingerprint density at radius 3 is 1.69 bits per heavy atom. The Labute approximate surface area is 220 Å². The molecule has 1 fully saturated rings. The molecule has 0 spiro atoms. The highest BCUT2D eigenvalue weighted by molar-refractivity contribution is 5.81. The molecule has 2 unspecified atom stereocenters. The summed E-state index contributed by atoms with van der Waals surface area (Å²) in [6, 6.07) is 0. The Kier molecular flexibility index (Phi) is 21.2. The molecule has 36 heavy (non-hydrogen) atoms. The monoisotopic (exact) mass is 510 g/mol. The number of carboxylic acids is 2. The molecule has 0 amide bonds. The van der Waals surface area contributed by atoms with Gasteiger partial charge < -0.3 is 14.9 Å². The van der Waals surface area contributed by atoms with E-state index in [0.29, 0.717) is 31.6 Å². The van der Waals surface area contributed by atoms with Gasteiger partial charge in [-0.2, -0.15) is 0 Å². The second kappa shape index (κ2) is 22.4. The third-order valence-electron chi connectivity index (χ3n) is 7.26. The molecule has 0 saturated heterocycles. The topological polar surface area (TPSA) is 101 Å². The summed E-state index contributed by atoms with van der Waals surface area (Å²) in [7, 11) is 0. The number of hydrogen-bond acceptors (Lipinski definition) is 4. The van der Waals surface area contributed by atoms with Crippen LogP contribution in [0.1, 0.15) is 136 Å². The molecule has 1 aliphatic rings. The third kappa shape index (κ3) is 17.6. The van der Waals surface area contributed by atoms with Crippen molar-refractivity contribution in [2.45, 2.75) is 142 Å². The van der Waals surface area contributed by atoms with E-state index in [4.69, 9.17) is 14.9 Å². The highest BCUT2D eigenvalue weighted by Gasteiger charge is 2.29. The molecule has 0 heterocycles. The molecule has 6 nitrogen and oxygen atoms in total. The first kappa shape index (κ1) is 34.1. The van der Waals surface area contributed by atoms with Crippen molar-refractivity contribution in [1.82, 2.24) is 0 Å². The Balaban J connectivity index is 0.000000846. The minimum absolute atomic E-state index is 0.0832. The zero-order valence-corrected chi connectivity index (χ0v) is 23.3. The maximum atomic E-state index is 11.7. The molecule has 1 rings (SSSR count). The average Bonchev–Trinajstić information content (AvgIpc) is 2.86. The standard InChI is InChI=1S/C22H42O2.C8H12O4/c1-5-9-11-12-13-15-18-21(24-22(23)8-4)19-20(16-7-3)17-14-10-6-2;9-7(10)5-1-2-6(4-3-5)8(11)12/h8,20-21H,4-7,9-19H2,1-3H3;5-6H,1-4H2,(H,9,10)(H,11,12). The maximum Gasteiger partial charge on any atom is 0.330 e. The number of esters is 1. The van der Waals surface area contributed by atoms with E-state index in [0.717, 1.165) is 12.8 Å². The fourth-order valence-corrected chi connectivity index (χ4v) is 5.02. The number of carbonyl (C=O) groups excluding carboxylic acids is 1. The van der Waals surface area contributed by atoms with Gasteiger partial charge in [0, 0.05) is 6.08 Å². The lowest BCUT2D eigenvalue weighted by Gasteiger charge is -2.23. The van der Waals surface area contributed by atoms with Gasteiger partial charge in [0.05, 0.1) is 11.8 Å². The first-order valence-corrected chi connectivity index (χ1v) is 14.6. The summed E-state index contributed by atoms with van der Waals surface area (Å²) in [5.74, 6) is -1.78. The van der Waals surface area contributed by atoms with E-state index >= 15 is 0 Å². The molecule has 210 valence electrons. The number of ether oxygens (including phenoxy) is 1. The van der Waals surface area contributed by atoms with Gasteiger partial charge in [0.15, 0.2) is 0 Å². The van der Waals surface area contributed by atoms with Crippen LogP contribution in [0.5, 0.6) is 0 Å². The van der Waals surface area contributed by atoms with Crippen molar-refractivity contribution in [1.29, 1.82) is 0 Å². The van der Waals surface area contributed by atoms with E-state index in [9.17, 15) is 14.4 Å². The summed E-state index contributed by atoms with van der Waals surface area (Å²) < 4.78 is 5.65. The minimum atomic E-state index is -0.793. The van der Waals surface area contributed by atoms with E-state index in [1.54, 1.807) is 0 Å². The van der Waals surface area contributed by atoms with E-state index in [1.807, 2.05) is 0 Å². The zero-order valence-electron chi connectivity index (χ0n) is 23.3. The van der Waals surface area contributed by atoms with Crippen LogP contribution < -0.4 is 0 Å². The number of carbonyl (C=O) groups is 3. The van der Waals surface area contributed by atoms with Crippen LogP contribution in [0.2, 0.25) is 0 Å². The predicted octanol–water partition coefficient (Wildman–Crippen LogP) is 8.18. The molecule has 2 N–H and O–H groups in total. The SMILES string of the molecule is C=CC(=O)OC(CCCCCCCC)CC(CCC)CCCCC.O=C(O)C1CCC(C(=O)O)CC1. The Bertz CT molecular complexity index is 572. The summed E-state index contributed by atoms with van der Waals surface area (Å²) in [6.45, 7) is 10.3. The lowest BCUT2D eigenvalue weighted by Crippen LogP contribution is -2.25. The van der Waals surface area contributed by atoms with Crippen molar-refractivity contribution in [3.8, 4) is 0 Å². The Hall–Kier alpha value is -1.85. The number of carboxylic acid groups (broad SMARTS) is 2. The molecule has 0 bridgehead atoms. The van der Waals surface area contributed by atoms with Crippen LogP contribution in [-0.2, 0) is 19.1 Å². The van der Waals surface area contributed by atoms with Gasteiger partial charge in [0.2, 0.25) is 0 Å². The minimum Gasteiger partial charge on any atom is -0.481 e. The first-order valence-electron chi connectivity index (χ1n) is 14.6. The van der Waals surface area contributed by atoms with Gasteiger partial charge in [-0.05, 0) is 50.9 Å². The first-order chi connectivity index (χ1) is 17.3. The second-order valence-corrected chi connectivity index (χ2v) is 10.4. The molecule has 0 aromatic heterocycles. The van der Waals surface area contributed by atoms with E-state index in [1.165, 1.54) is 83.1 Å². The summed E-state index contributed by atoms with van der Waals surface area (Å²) in [4.78, 5) is 32.6. The molecule has 0 aromatic carbocycles.